The molecule has 0 aromatic carbocycles. The van der Waals surface area contributed by atoms with Crippen LogP contribution in [0.1, 0.15) is 188 Å². The molecule has 4 heterocycles. The molecule has 4 saturated heterocycles. The Morgan fingerprint density at radius 1 is 0.375 bits per heavy atom. The second kappa shape index (κ2) is 63.3. The van der Waals surface area contributed by atoms with Crippen LogP contribution in [0.3, 0.4) is 0 Å². The molecule has 4 aliphatic heterocycles. The van der Waals surface area contributed by atoms with Crippen molar-refractivity contribution < 1.29 is 152 Å². The van der Waals surface area contributed by atoms with Gasteiger partial charge in [0.25, 0.3) is 0 Å². The van der Waals surface area contributed by atoms with Crippen molar-refractivity contribution in [2.45, 2.75) is 291 Å². The molecule has 42 nitrogen and oxygen atoms in total. The summed E-state index contributed by atoms with van der Waals surface area (Å²) in [6.45, 7) is 3.20. The normalized spacial score (nSPS) is 24.5. The zero-order valence-electron chi connectivity index (χ0n) is 70.0. The van der Waals surface area contributed by atoms with Crippen LogP contribution in [0.4, 0.5) is 0 Å². The first-order valence-corrected chi connectivity index (χ1v) is 42.2. The molecule has 0 bridgehead atoms. The third-order valence-corrected chi connectivity index (χ3v) is 20.1. The van der Waals surface area contributed by atoms with E-state index in [0.29, 0.717) is 90.0 Å². The molecule has 0 aromatic heterocycles. The Balaban J connectivity index is 0.00000239. The lowest BCUT2D eigenvalue weighted by Gasteiger charge is -2.42. The molecule has 120 heavy (non-hydrogen) atoms. The quantitative estimate of drug-likeness (QED) is 0.0252. The zero-order valence-corrected chi connectivity index (χ0v) is 70.0. The van der Waals surface area contributed by atoms with Crippen LogP contribution in [-0.2, 0) is 90.6 Å². The maximum Gasteiger partial charge on any atom is 0.222 e. The van der Waals surface area contributed by atoms with Crippen molar-refractivity contribution >= 4 is 65.0 Å². The molecular formula is C78H141N11O31. The van der Waals surface area contributed by atoms with Gasteiger partial charge < -0.3 is 157 Å². The number of nitrogens with one attached hydrogen (secondary N) is 10. The number of carbonyl (C=O) groups excluding carboxylic acids is 11. The number of aliphatic hydroxyl groups excluding tert-OH is 12. The fourth-order valence-corrected chi connectivity index (χ4v) is 13.4. The van der Waals surface area contributed by atoms with E-state index in [1.165, 1.54) is 20.8 Å². The smallest absolute Gasteiger partial charge is 0.222 e. The molecule has 42 heteroatoms. The van der Waals surface area contributed by atoms with Crippen LogP contribution >= 0.6 is 0 Å². The lowest BCUT2D eigenvalue weighted by atomic mass is 9.97. The predicted octanol–water partition coefficient (Wildman–Crippen LogP) is -6.19. The summed E-state index contributed by atoms with van der Waals surface area (Å²) in [5, 5.41) is 144. The summed E-state index contributed by atoms with van der Waals surface area (Å²) >= 11 is 0. The molecule has 0 radical (unpaired) electrons. The Hall–Kier alpha value is -6.63. The van der Waals surface area contributed by atoms with E-state index in [-0.39, 0.29) is 223 Å². The third kappa shape index (κ3) is 45.1. The molecule has 4 fully saturated rings. The van der Waals surface area contributed by atoms with Crippen molar-refractivity contribution in [3.8, 4) is 0 Å². The lowest BCUT2D eigenvalue weighted by molar-refractivity contribution is -0.270. The SMILES string of the molecule is CC(=O)NC1C(OCCCCC(=O)NCCCNC(=O)CCOCC(COCCC(=O)NCCCNC(=O)CCCCO)(COCCC(=O)NCCCNC(=O)CCCCOC2OC(CO)C(O)C(O)C2NC(C)=O)NC(=O)CCCCCCCCCCC(=O)N2C[C@H](O)C[C@H]2CO)OC(CO)C(O)C1O.CC(=O)NC1COC(CO)C(O)C1O. The third-order valence-electron chi connectivity index (χ3n) is 20.1. The van der Waals surface area contributed by atoms with Gasteiger partial charge in [-0.2, -0.15) is 0 Å². The molecule has 0 spiro atoms. The molecular weight excluding hydrogens is 1590 g/mol. The summed E-state index contributed by atoms with van der Waals surface area (Å²) in [6.07, 6.45) is -2.41. The molecule has 0 aromatic rings. The highest BCUT2D eigenvalue weighted by molar-refractivity contribution is 5.79. The van der Waals surface area contributed by atoms with Gasteiger partial charge in [0, 0.05) is 138 Å². The first kappa shape index (κ1) is 108. The van der Waals surface area contributed by atoms with Crippen molar-refractivity contribution in [2.24, 2.45) is 0 Å². The van der Waals surface area contributed by atoms with E-state index in [4.69, 9.17) is 48.1 Å². The topological polar surface area (TPSA) is 628 Å². The van der Waals surface area contributed by atoms with Gasteiger partial charge >= 0.3 is 0 Å². The first-order valence-electron chi connectivity index (χ1n) is 42.2. The van der Waals surface area contributed by atoms with E-state index in [1.807, 2.05) is 0 Å². The van der Waals surface area contributed by atoms with Gasteiger partial charge in [-0.05, 0) is 77.0 Å². The summed E-state index contributed by atoms with van der Waals surface area (Å²) in [6, 6.07) is -3.14. The van der Waals surface area contributed by atoms with Gasteiger partial charge in [-0.1, -0.05) is 38.5 Å². The van der Waals surface area contributed by atoms with Gasteiger partial charge in [0.05, 0.1) is 90.9 Å². The predicted molar refractivity (Wildman–Crippen MR) is 426 cm³/mol. The molecule has 11 amide bonds. The minimum absolute atomic E-state index is 0.000849. The number of β-amino-alcohol motifs (C(OH)–C–C–N with tert-alkyl or cyclic N) is 1. The standard InChI is InChI=1S/C70H126N10O26.C8H15NO5/c1-48(85)77-62-66(98)64(96)52(43-83)105-68(62)103-35-15-12-21-55(89)72-29-18-32-75-58(92)26-38-101-46-70(45-100-37-25-57(91)74-31-17-28-71-54(88)20-11-14-34-81,79-60(94)23-9-7-5-3-4-6-8-10-24-61(95)80-41-51(87)40-50(80)42-82)47-102-39-27-59(93)76-33-19-30-73-56(90)22-13-16-36-104-69-63(78-49(2)86)67(99)65(97)53(44-84)106-69;1-4(11)9-5-3-14-6(2-10)8(13)7(5)12/h50-53,62-69,81-84,87,96-99H,3-47H2,1-2H3,(H,71,88)(H,72,89)(H,73,90)(H,74,91)(H,75,92)(H,76,93)(H,77,85)(H,78,86)(H,79,94);5-8,10,12-13H,2-3H2,1H3,(H,9,11)/t50-,51+,52?,53?,62?,63?,64?,65?,66?,67?,68?,69?,70?;/m0./s1. The Morgan fingerprint density at radius 3 is 1.10 bits per heavy atom. The Labute approximate surface area is 701 Å². The van der Waals surface area contributed by atoms with Crippen LogP contribution in [0.15, 0.2) is 0 Å². The van der Waals surface area contributed by atoms with Crippen molar-refractivity contribution in [2.75, 3.05) is 138 Å². The summed E-state index contributed by atoms with van der Waals surface area (Å²) in [5.41, 5.74) is -1.39. The Morgan fingerprint density at radius 2 is 0.725 bits per heavy atom. The number of aliphatic hydroxyl groups is 12. The van der Waals surface area contributed by atoms with Crippen LogP contribution in [0, 0.1) is 0 Å². The molecule has 0 aliphatic carbocycles. The summed E-state index contributed by atoms with van der Waals surface area (Å²) < 4.78 is 45.8. The average molecular weight is 1730 g/mol. The molecule has 4 aliphatic rings. The minimum Gasteiger partial charge on any atom is -0.396 e. The van der Waals surface area contributed by atoms with E-state index < -0.39 is 122 Å². The largest absolute Gasteiger partial charge is 0.396 e. The highest BCUT2D eigenvalue weighted by Crippen LogP contribution is 2.26. The fraction of sp³-hybridized carbons (Fsp3) is 0.859. The van der Waals surface area contributed by atoms with E-state index in [9.17, 15) is 104 Å². The number of hydrogen-bond donors (Lipinski definition) is 22. The van der Waals surface area contributed by atoms with Gasteiger partial charge in [-0.25, -0.2) is 0 Å². The van der Waals surface area contributed by atoms with Gasteiger partial charge in [-0.15, -0.1) is 0 Å². The van der Waals surface area contributed by atoms with E-state index in [2.05, 4.69) is 53.2 Å². The van der Waals surface area contributed by atoms with Crippen LogP contribution in [0.5, 0.6) is 0 Å². The first-order chi connectivity index (χ1) is 57.5. The fourth-order valence-electron chi connectivity index (χ4n) is 13.4. The maximum atomic E-state index is 13.9. The molecule has 4 rings (SSSR count). The van der Waals surface area contributed by atoms with E-state index in [1.54, 1.807) is 4.90 Å². The summed E-state index contributed by atoms with van der Waals surface area (Å²) in [4.78, 5) is 139. The van der Waals surface area contributed by atoms with Crippen molar-refractivity contribution in [1.82, 2.24) is 58.1 Å². The van der Waals surface area contributed by atoms with Crippen molar-refractivity contribution in [1.29, 1.82) is 0 Å². The van der Waals surface area contributed by atoms with Crippen LogP contribution in [0.2, 0.25) is 0 Å². The maximum absolute atomic E-state index is 13.9. The van der Waals surface area contributed by atoms with Crippen molar-refractivity contribution in [3.05, 3.63) is 0 Å². The van der Waals surface area contributed by atoms with Crippen LogP contribution in [0.25, 0.3) is 0 Å². The van der Waals surface area contributed by atoms with Crippen LogP contribution < -0.4 is 53.2 Å². The van der Waals surface area contributed by atoms with Gasteiger partial charge in [0.15, 0.2) is 12.6 Å². The van der Waals surface area contributed by atoms with Crippen molar-refractivity contribution in [3.63, 3.8) is 0 Å². The number of hydrogen-bond acceptors (Lipinski definition) is 31. The number of nitrogens with zero attached hydrogens (tertiary/aromatic N) is 1. The number of rotatable bonds is 62. The van der Waals surface area contributed by atoms with Crippen LogP contribution in [-0.4, -0.2) is 373 Å². The number of amides is 11. The Bertz CT molecular complexity index is 2840. The highest BCUT2D eigenvalue weighted by atomic mass is 16.7. The van der Waals surface area contributed by atoms with Gasteiger partial charge in [0.1, 0.15) is 72.6 Å². The van der Waals surface area contributed by atoms with Gasteiger partial charge in [-0.3, -0.25) is 52.7 Å². The lowest BCUT2D eigenvalue weighted by Crippen LogP contribution is -2.64. The van der Waals surface area contributed by atoms with E-state index in [0.717, 1.165) is 38.5 Å². The second-order valence-electron chi connectivity index (χ2n) is 30.5. The monoisotopic (exact) mass is 1730 g/mol. The molecule has 14 unspecified atom stereocenters. The number of ether oxygens (including phenoxy) is 8. The molecule has 694 valence electrons. The number of unbranched alkanes of at least 4 members (excludes halogenated alkanes) is 10. The average Bonchev–Trinajstić information content (AvgIpc) is 0.852. The molecule has 22 N–H and O–H groups in total. The number of likely N-dealkylation sites (tertiary alicyclic amines) is 1. The molecule has 16 atom stereocenters. The minimum atomic E-state index is -1.45. The molecule has 0 saturated carbocycles. The number of carbonyl (C=O) groups is 11. The second-order valence-corrected chi connectivity index (χ2v) is 30.5. The van der Waals surface area contributed by atoms with Gasteiger partial charge in [0.2, 0.25) is 65.0 Å². The summed E-state index contributed by atoms with van der Waals surface area (Å²) in [5.74, 6) is -3.36. The van der Waals surface area contributed by atoms with E-state index >= 15 is 0 Å². The highest BCUT2D eigenvalue weighted by Gasteiger charge is 2.47. The zero-order chi connectivity index (χ0) is 88.6. The Kier molecular flexibility index (Phi) is 56.7. The summed E-state index contributed by atoms with van der Waals surface area (Å²) in [7, 11) is 0.